The molecule has 0 saturated carbocycles. The summed E-state index contributed by atoms with van der Waals surface area (Å²) in [6, 6.07) is 0.345. The Balaban J connectivity index is 1.94. The number of aromatic nitrogens is 3. The van der Waals surface area contributed by atoms with E-state index in [1.807, 2.05) is 11.8 Å². The molecule has 1 atom stereocenters. The standard InChI is InChI=1S/C13H23N5OS/c1-3-7-14-11-16-12(18-13(17-11)19-2)15-9-10-6-4-5-8-20-10/h10H,3-9H2,1-2H3,(H2,14,15,16,17,18). The van der Waals surface area contributed by atoms with E-state index in [-0.39, 0.29) is 0 Å². The molecule has 1 aliphatic heterocycles. The molecule has 2 N–H and O–H groups in total. The third-order valence-corrected chi connectivity index (χ3v) is 4.49. The van der Waals surface area contributed by atoms with E-state index in [4.69, 9.17) is 4.74 Å². The zero-order valence-electron chi connectivity index (χ0n) is 12.2. The topological polar surface area (TPSA) is 72.0 Å². The predicted molar refractivity (Wildman–Crippen MR) is 83.7 cm³/mol. The van der Waals surface area contributed by atoms with Crippen LogP contribution < -0.4 is 15.4 Å². The molecule has 1 aromatic heterocycles. The first-order chi connectivity index (χ1) is 9.81. The number of rotatable bonds is 7. The van der Waals surface area contributed by atoms with Crippen molar-refractivity contribution in [1.29, 1.82) is 0 Å². The Labute approximate surface area is 124 Å². The van der Waals surface area contributed by atoms with Gasteiger partial charge < -0.3 is 15.4 Å². The second kappa shape index (κ2) is 8.14. The second-order valence-electron chi connectivity index (χ2n) is 4.77. The van der Waals surface area contributed by atoms with Crippen molar-refractivity contribution in [2.75, 3.05) is 36.6 Å². The molecule has 0 spiro atoms. The molecule has 0 amide bonds. The van der Waals surface area contributed by atoms with Gasteiger partial charge in [-0.15, -0.1) is 0 Å². The largest absolute Gasteiger partial charge is 0.467 e. The highest BCUT2D eigenvalue weighted by Gasteiger charge is 2.14. The van der Waals surface area contributed by atoms with Crippen LogP contribution in [0.2, 0.25) is 0 Å². The summed E-state index contributed by atoms with van der Waals surface area (Å²) in [6.45, 7) is 3.83. The van der Waals surface area contributed by atoms with Crippen LogP contribution in [0.25, 0.3) is 0 Å². The first-order valence-corrected chi connectivity index (χ1v) is 8.26. The van der Waals surface area contributed by atoms with Gasteiger partial charge >= 0.3 is 6.01 Å². The van der Waals surface area contributed by atoms with Crippen LogP contribution in [0.1, 0.15) is 32.6 Å². The highest BCUT2D eigenvalue weighted by molar-refractivity contribution is 7.99. The van der Waals surface area contributed by atoms with E-state index in [1.54, 1.807) is 7.11 Å². The van der Waals surface area contributed by atoms with Gasteiger partial charge in [0.15, 0.2) is 0 Å². The minimum atomic E-state index is 0.345. The molecular formula is C13H23N5OS. The smallest absolute Gasteiger partial charge is 0.322 e. The molecule has 0 aliphatic carbocycles. The van der Waals surface area contributed by atoms with Crippen LogP contribution >= 0.6 is 11.8 Å². The fourth-order valence-corrected chi connectivity index (χ4v) is 3.25. The summed E-state index contributed by atoms with van der Waals surface area (Å²) in [5.41, 5.74) is 0. The zero-order chi connectivity index (χ0) is 14.2. The Kier molecular flexibility index (Phi) is 6.17. The van der Waals surface area contributed by atoms with Crippen molar-refractivity contribution < 1.29 is 4.74 Å². The number of nitrogens with one attached hydrogen (secondary N) is 2. The Morgan fingerprint density at radius 2 is 2.00 bits per heavy atom. The average molecular weight is 297 g/mol. The van der Waals surface area contributed by atoms with Gasteiger partial charge in [-0.05, 0) is 25.0 Å². The number of hydrogen-bond acceptors (Lipinski definition) is 7. The fraction of sp³-hybridized carbons (Fsp3) is 0.769. The van der Waals surface area contributed by atoms with Crippen molar-refractivity contribution in [3.63, 3.8) is 0 Å². The molecule has 2 rings (SSSR count). The maximum atomic E-state index is 5.12. The predicted octanol–water partition coefficient (Wildman–Crippen LogP) is 2.40. The summed E-state index contributed by atoms with van der Waals surface area (Å²) in [5.74, 6) is 2.41. The molecule has 6 nitrogen and oxygen atoms in total. The maximum absolute atomic E-state index is 5.12. The van der Waals surface area contributed by atoms with E-state index in [1.165, 1.54) is 25.0 Å². The van der Waals surface area contributed by atoms with Crippen LogP contribution in [0.5, 0.6) is 6.01 Å². The monoisotopic (exact) mass is 297 g/mol. The molecule has 20 heavy (non-hydrogen) atoms. The number of ether oxygens (including phenoxy) is 1. The van der Waals surface area contributed by atoms with E-state index in [0.29, 0.717) is 23.2 Å². The normalized spacial score (nSPS) is 18.6. The van der Waals surface area contributed by atoms with Gasteiger partial charge in [0.1, 0.15) is 0 Å². The lowest BCUT2D eigenvalue weighted by molar-refractivity contribution is 0.379. The zero-order valence-corrected chi connectivity index (χ0v) is 13.0. The Bertz CT molecular complexity index is 412. The lowest BCUT2D eigenvalue weighted by atomic mass is 10.2. The number of methoxy groups -OCH3 is 1. The Hall–Kier alpha value is -1.24. The van der Waals surface area contributed by atoms with Crippen LogP contribution in [-0.4, -0.2) is 46.2 Å². The molecule has 1 aromatic rings. The number of hydrogen-bond donors (Lipinski definition) is 2. The molecule has 2 heterocycles. The molecule has 1 aliphatic rings. The van der Waals surface area contributed by atoms with Crippen molar-refractivity contribution in [1.82, 2.24) is 15.0 Å². The Morgan fingerprint density at radius 3 is 2.65 bits per heavy atom. The van der Waals surface area contributed by atoms with Crippen molar-refractivity contribution >= 4 is 23.7 Å². The van der Waals surface area contributed by atoms with Gasteiger partial charge in [-0.2, -0.15) is 26.7 Å². The third kappa shape index (κ3) is 4.70. The minimum Gasteiger partial charge on any atom is -0.467 e. The lowest BCUT2D eigenvalue weighted by Crippen LogP contribution is -2.21. The third-order valence-electron chi connectivity index (χ3n) is 3.09. The van der Waals surface area contributed by atoms with Crippen LogP contribution in [-0.2, 0) is 0 Å². The summed E-state index contributed by atoms with van der Waals surface area (Å²) in [5, 5.41) is 7.11. The quantitative estimate of drug-likeness (QED) is 0.800. The van der Waals surface area contributed by atoms with Crippen LogP contribution in [0.15, 0.2) is 0 Å². The highest BCUT2D eigenvalue weighted by Crippen LogP contribution is 2.25. The van der Waals surface area contributed by atoms with Gasteiger partial charge in [0.2, 0.25) is 11.9 Å². The summed E-state index contributed by atoms with van der Waals surface area (Å²) in [7, 11) is 1.57. The van der Waals surface area contributed by atoms with Gasteiger partial charge in [-0.25, -0.2) is 0 Å². The minimum absolute atomic E-state index is 0.345. The molecule has 0 radical (unpaired) electrons. The first kappa shape index (κ1) is 15.2. The van der Waals surface area contributed by atoms with Crippen LogP contribution in [0.4, 0.5) is 11.9 Å². The Morgan fingerprint density at radius 1 is 1.20 bits per heavy atom. The van der Waals surface area contributed by atoms with Crippen molar-refractivity contribution in [3.05, 3.63) is 0 Å². The number of nitrogens with zero attached hydrogens (tertiary/aromatic N) is 3. The van der Waals surface area contributed by atoms with E-state index in [0.717, 1.165) is 19.5 Å². The van der Waals surface area contributed by atoms with Crippen LogP contribution in [0, 0.1) is 0 Å². The fourth-order valence-electron chi connectivity index (χ4n) is 2.02. The van der Waals surface area contributed by atoms with Crippen molar-refractivity contribution in [3.8, 4) is 6.01 Å². The molecule has 1 saturated heterocycles. The maximum Gasteiger partial charge on any atom is 0.322 e. The summed E-state index contributed by atoms with van der Waals surface area (Å²) in [6.07, 6.45) is 4.95. The molecule has 0 bridgehead atoms. The molecule has 1 unspecified atom stereocenters. The summed E-state index contributed by atoms with van der Waals surface area (Å²) >= 11 is 2.03. The summed E-state index contributed by atoms with van der Waals surface area (Å²) < 4.78 is 5.12. The lowest BCUT2D eigenvalue weighted by Gasteiger charge is -2.21. The van der Waals surface area contributed by atoms with E-state index >= 15 is 0 Å². The SMILES string of the molecule is CCCNc1nc(NCC2CCCCS2)nc(OC)n1. The van der Waals surface area contributed by atoms with Gasteiger partial charge in [-0.3, -0.25) is 0 Å². The molecule has 7 heteroatoms. The first-order valence-electron chi connectivity index (χ1n) is 7.21. The van der Waals surface area contributed by atoms with Crippen molar-refractivity contribution in [2.24, 2.45) is 0 Å². The number of anilines is 2. The average Bonchev–Trinajstić information content (AvgIpc) is 2.51. The molecular weight excluding hydrogens is 274 g/mol. The molecule has 1 fully saturated rings. The van der Waals surface area contributed by atoms with Gasteiger partial charge in [0, 0.05) is 18.3 Å². The van der Waals surface area contributed by atoms with Gasteiger partial charge in [-0.1, -0.05) is 13.3 Å². The van der Waals surface area contributed by atoms with E-state index < -0.39 is 0 Å². The molecule has 112 valence electrons. The number of thioether (sulfide) groups is 1. The van der Waals surface area contributed by atoms with Crippen molar-refractivity contribution in [2.45, 2.75) is 37.9 Å². The second-order valence-corrected chi connectivity index (χ2v) is 6.17. The van der Waals surface area contributed by atoms with E-state index in [2.05, 4.69) is 32.5 Å². The summed E-state index contributed by atoms with van der Waals surface area (Å²) in [4.78, 5) is 12.8. The van der Waals surface area contributed by atoms with E-state index in [9.17, 15) is 0 Å². The van der Waals surface area contributed by atoms with Gasteiger partial charge in [0.05, 0.1) is 7.11 Å². The molecule has 0 aromatic carbocycles. The van der Waals surface area contributed by atoms with Crippen LogP contribution in [0.3, 0.4) is 0 Å². The van der Waals surface area contributed by atoms with Gasteiger partial charge in [0.25, 0.3) is 0 Å². The highest BCUT2D eigenvalue weighted by atomic mass is 32.2.